The van der Waals surface area contributed by atoms with E-state index in [1.807, 2.05) is 0 Å². The van der Waals surface area contributed by atoms with Crippen molar-refractivity contribution in [2.45, 2.75) is 32.2 Å². The molecule has 1 saturated heterocycles. The fourth-order valence-electron chi connectivity index (χ4n) is 1.60. The Morgan fingerprint density at radius 2 is 2.27 bits per heavy atom. The van der Waals surface area contributed by atoms with Crippen LogP contribution in [0, 0.1) is 0 Å². The highest BCUT2D eigenvalue weighted by Crippen LogP contribution is 2.09. The molecule has 3 nitrogen and oxygen atoms in total. The number of nitrogens with one attached hydrogen (secondary N) is 1. The molecule has 2 N–H and O–H groups in total. The van der Waals surface area contributed by atoms with E-state index in [0.29, 0.717) is 6.04 Å². The van der Waals surface area contributed by atoms with Gasteiger partial charge in [0.05, 0.1) is 0 Å². The number of likely N-dealkylation sites (tertiary alicyclic amines) is 1. The fourth-order valence-corrected chi connectivity index (χ4v) is 1.60. The van der Waals surface area contributed by atoms with Gasteiger partial charge in [-0.3, -0.25) is 0 Å². The maximum absolute atomic E-state index is 8.71. The van der Waals surface area contributed by atoms with E-state index in [1.54, 1.807) is 0 Å². The fraction of sp³-hybridized carbons (Fsp3) is 1.00. The highest BCUT2D eigenvalue weighted by molar-refractivity contribution is 4.71. The monoisotopic (exact) mass is 158 g/mol. The van der Waals surface area contributed by atoms with Crippen LogP contribution in [0.15, 0.2) is 0 Å². The number of hydrogen-bond acceptors (Lipinski definition) is 3. The summed E-state index contributed by atoms with van der Waals surface area (Å²) in [6, 6.07) is 0.326. The van der Waals surface area contributed by atoms with E-state index in [4.69, 9.17) is 5.21 Å². The summed E-state index contributed by atoms with van der Waals surface area (Å²) in [4.78, 5) is 2.43. The third kappa shape index (κ3) is 2.77. The lowest BCUT2D eigenvalue weighted by molar-refractivity contribution is 0.118. The van der Waals surface area contributed by atoms with E-state index in [1.165, 1.54) is 13.0 Å². The maximum atomic E-state index is 8.71. The van der Waals surface area contributed by atoms with Gasteiger partial charge in [-0.1, -0.05) is 6.92 Å². The molecule has 1 unspecified atom stereocenters. The minimum atomic E-state index is 0.326. The minimum absolute atomic E-state index is 0.326. The molecule has 0 saturated carbocycles. The molecule has 1 aliphatic rings. The lowest BCUT2D eigenvalue weighted by atomic mass is 10.1. The average Bonchev–Trinajstić information content (AvgIpc) is 2.28. The summed E-state index contributed by atoms with van der Waals surface area (Å²) in [5.74, 6) is 0. The summed E-state index contributed by atoms with van der Waals surface area (Å²) in [6.45, 7) is 5.63. The molecule has 0 amide bonds. The van der Waals surface area contributed by atoms with Crippen molar-refractivity contribution in [3.8, 4) is 0 Å². The summed E-state index contributed by atoms with van der Waals surface area (Å²) in [6.07, 6.45) is 3.38. The van der Waals surface area contributed by atoms with Gasteiger partial charge in [-0.15, -0.1) is 0 Å². The highest BCUT2D eigenvalue weighted by Gasteiger charge is 2.14. The van der Waals surface area contributed by atoms with Crippen LogP contribution in [-0.2, 0) is 0 Å². The Kier molecular flexibility index (Phi) is 3.83. The molecule has 0 aromatic carbocycles. The molecule has 0 bridgehead atoms. The van der Waals surface area contributed by atoms with Crippen molar-refractivity contribution < 1.29 is 5.21 Å². The Morgan fingerprint density at radius 1 is 1.45 bits per heavy atom. The Morgan fingerprint density at radius 3 is 2.91 bits per heavy atom. The molecule has 1 aliphatic heterocycles. The van der Waals surface area contributed by atoms with E-state index in [9.17, 15) is 0 Å². The second-order valence-corrected chi connectivity index (χ2v) is 3.19. The molecule has 1 atom stereocenters. The predicted molar refractivity (Wildman–Crippen MR) is 44.7 cm³/mol. The zero-order valence-electron chi connectivity index (χ0n) is 7.21. The number of hydroxylamine groups is 1. The van der Waals surface area contributed by atoms with Crippen LogP contribution in [0.2, 0.25) is 0 Å². The summed E-state index contributed by atoms with van der Waals surface area (Å²) >= 11 is 0. The first-order valence-corrected chi connectivity index (χ1v) is 4.48. The molecule has 0 radical (unpaired) electrons. The van der Waals surface area contributed by atoms with Gasteiger partial charge in [-0.05, 0) is 38.9 Å². The standard InChI is InChI=1S/C8H18N2O/c1-2-10-6-3-4-8(9-11)5-7-10/h8-9,11H,2-7H2,1H3. The first kappa shape index (κ1) is 8.97. The molecule has 66 valence electrons. The topological polar surface area (TPSA) is 35.5 Å². The van der Waals surface area contributed by atoms with Gasteiger partial charge in [0.2, 0.25) is 0 Å². The molecule has 0 aromatic heterocycles. The summed E-state index contributed by atoms with van der Waals surface area (Å²) in [5, 5.41) is 8.71. The quantitative estimate of drug-likeness (QED) is 0.585. The van der Waals surface area contributed by atoms with Gasteiger partial charge in [0.1, 0.15) is 0 Å². The van der Waals surface area contributed by atoms with E-state index in [0.717, 1.165) is 25.9 Å². The van der Waals surface area contributed by atoms with Crippen molar-refractivity contribution in [3.63, 3.8) is 0 Å². The van der Waals surface area contributed by atoms with Crippen LogP contribution in [0.5, 0.6) is 0 Å². The van der Waals surface area contributed by atoms with Crippen LogP contribution in [0.4, 0.5) is 0 Å². The van der Waals surface area contributed by atoms with Crippen LogP contribution in [0.1, 0.15) is 26.2 Å². The smallest absolute Gasteiger partial charge is 0.0332 e. The second-order valence-electron chi connectivity index (χ2n) is 3.19. The van der Waals surface area contributed by atoms with Crippen LogP contribution in [0.3, 0.4) is 0 Å². The zero-order chi connectivity index (χ0) is 8.10. The summed E-state index contributed by atoms with van der Waals surface area (Å²) in [5.41, 5.74) is 2.36. The lowest BCUT2D eigenvalue weighted by Crippen LogP contribution is -2.28. The minimum Gasteiger partial charge on any atom is -0.317 e. The van der Waals surface area contributed by atoms with E-state index >= 15 is 0 Å². The van der Waals surface area contributed by atoms with Crippen LogP contribution in [0.25, 0.3) is 0 Å². The van der Waals surface area contributed by atoms with Crippen molar-refractivity contribution in [2.75, 3.05) is 19.6 Å². The van der Waals surface area contributed by atoms with Crippen LogP contribution in [-0.4, -0.2) is 35.8 Å². The third-order valence-electron chi connectivity index (χ3n) is 2.45. The highest BCUT2D eigenvalue weighted by atomic mass is 16.5. The lowest BCUT2D eigenvalue weighted by Gasteiger charge is -2.16. The molecule has 11 heavy (non-hydrogen) atoms. The first-order valence-electron chi connectivity index (χ1n) is 4.48. The van der Waals surface area contributed by atoms with E-state index in [-0.39, 0.29) is 0 Å². The number of rotatable bonds is 2. The summed E-state index contributed by atoms with van der Waals surface area (Å²) < 4.78 is 0. The first-order chi connectivity index (χ1) is 5.36. The molecule has 1 heterocycles. The molecular weight excluding hydrogens is 140 g/mol. The Balaban J connectivity index is 2.27. The Labute approximate surface area is 68.3 Å². The van der Waals surface area contributed by atoms with Gasteiger partial charge in [0.15, 0.2) is 0 Å². The number of nitrogens with zero attached hydrogens (tertiary/aromatic N) is 1. The molecule has 3 heteroatoms. The summed E-state index contributed by atoms with van der Waals surface area (Å²) in [7, 11) is 0. The van der Waals surface area contributed by atoms with Gasteiger partial charge >= 0.3 is 0 Å². The average molecular weight is 158 g/mol. The maximum Gasteiger partial charge on any atom is 0.0332 e. The molecule has 0 aromatic rings. The largest absolute Gasteiger partial charge is 0.317 e. The molecule has 1 rings (SSSR count). The van der Waals surface area contributed by atoms with E-state index in [2.05, 4.69) is 17.3 Å². The van der Waals surface area contributed by atoms with Crippen molar-refractivity contribution in [1.82, 2.24) is 10.4 Å². The van der Waals surface area contributed by atoms with Crippen molar-refractivity contribution in [2.24, 2.45) is 0 Å². The van der Waals surface area contributed by atoms with Crippen molar-refractivity contribution in [3.05, 3.63) is 0 Å². The normalized spacial score (nSPS) is 28.4. The predicted octanol–water partition coefficient (Wildman–Crippen LogP) is 0.840. The Bertz CT molecular complexity index is 96.3. The molecule has 1 fully saturated rings. The third-order valence-corrected chi connectivity index (χ3v) is 2.45. The van der Waals surface area contributed by atoms with Gasteiger partial charge in [-0.2, -0.15) is 0 Å². The van der Waals surface area contributed by atoms with Crippen LogP contribution >= 0.6 is 0 Å². The molecule has 0 aliphatic carbocycles. The second kappa shape index (κ2) is 4.70. The Hall–Kier alpha value is -0.120. The van der Waals surface area contributed by atoms with Gasteiger partial charge < -0.3 is 10.1 Å². The SMILES string of the molecule is CCN1CCCC(NO)CC1. The van der Waals surface area contributed by atoms with Gasteiger partial charge in [0.25, 0.3) is 0 Å². The van der Waals surface area contributed by atoms with Gasteiger partial charge in [0, 0.05) is 6.04 Å². The molecular formula is C8H18N2O. The van der Waals surface area contributed by atoms with Crippen molar-refractivity contribution in [1.29, 1.82) is 0 Å². The molecule has 0 spiro atoms. The zero-order valence-corrected chi connectivity index (χ0v) is 7.21. The van der Waals surface area contributed by atoms with Crippen molar-refractivity contribution >= 4 is 0 Å². The van der Waals surface area contributed by atoms with Gasteiger partial charge in [-0.25, -0.2) is 5.48 Å². The number of hydrogen-bond donors (Lipinski definition) is 2. The van der Waals surface area contributed by atoms with Crippen LogP contribution < -0.4 is 5.48 Å². The van der Waals surface area contributed by atoms with E-state index < -0.39 is 0 Å².